The van der Waals surface area contributed by atoms with Crippen molar-refractivity contribution in [3.05, 3.63) is 29.8 Å². The Labute approximate surface area is 113 Å². The lowest BCUT2D eigenvalue weighted by molar-refractivity contribution is -0.142. The summed E-state index contributed by atoms with van der Waals surface area (Å²) in [4.78, 5) is 10.9. The molecule has 1 fully saturated rings. The van der Waals surface area contributed by atoms with Gasteiger partial charge in [-0.15, -0.1) is 0 Å². The van der Waals surface area contributed by atoms with Crippen LogP contribution < -0.4 is 5.32 Å². The molecule has 1 aromatic carbocycles. The summed E-state index contributed by atoms with van der Waals surface area (Å²) >= 11 is 0. The van der Waals surface area contributed by atoms with Gasteiger partial charge in [0.05, 0.1) is 5.92 Å². The average molecular weight is 263 g/mol. The number of aliphatic hydroxyl groups excluding tert-OH is 1. The first-order chi connectivity index (χ1) is 9.19. The number of carboxylic acid groups (broad SMARTS) is 1. The molecule has 1 aliphatic rings. The number of rotatable bonds is 5. The van der Waals surface area contributed by atoms with Crippen molar-refractivity contribution in [2.75, 3.05) is 11.9 Å². The molecule has 1 saturated carbocycles. The minimum absolute atomic E-state index is 0.160. The predicted molar refractivity (Wildman–Crippen MR) is 74.2 cm³/mol. The van der Waals surface area contributed by atoms with Gasteiger partial charge in [0.15, 0.2) is 0 Å². The molecule has 0 radical (unpaired) electrons. The van der Waals surface area contributed by atoms with Crippen molar-refractivity contribution in [3.63, 3.8) is 0 Å². The van der Waals surface area contributed by atoms with E-state index in [0.717, 1.165) is 36.9 Å². The maximum Gasteiger partial charge on any atom is 0.306 e. The maximum absolute atomic E-state index is 10.9. The molecular formula is C15H21NO3. The topological polar surface area (TPSA) is 69.6 Å². The van der Waals surface area contributed by atoms with Gasteiger partial charge < -0.3 is 15.5 Å². The Hall–Kier alpha value is -1.55. The number of aliphatic hydroxyl groups is 1. The lowest BCUT2D eigenvalue weighted by atomic mass is 9.86. The molecule has 0 amide bonds. The van der Waals surface area contributed by atoms with Crippen LogP contribution >= 0.6 is 0 Å². The Morgan fingerprint density at radius 1 is 1.26 bits per heavy atom. The Balaban J connectivity index is 1.88. The van der Waals surface area contributed by atoms with Gasteiger partial charge in [-0.05, 0) is 49.8 Å². The molecule has 0 unspecified atom stereocenters. The third kappa shape index (κ3) is 3.96. The van der Waals surface area contributed by atoms with E-state index in [2.05, 4.69) is 11.4 Å². The van der Waals surface area contributed by atoms with Crippen molar-refractivity contribution < 1.29 is 15.0 Å². The maximum atomic E-state index is 10.9. The van der Waals surface area contributed by atoms with Crippen LogP contribution in [0.5, 0.6) is 0 Å². The van der Waals surface area contributed by atoms with Gasteiger partial charge in [-0.3, -0.25) is 4.79 Å². The summed E-state index contributed by atoms with van der Waals surface area (Å²) in [7, 11) is 0. The molecular weight excluding hydrogens is 242 g/mol. The van der Waals surface area contributed by atoms with Crippen LogP contribution in [0.15, 0.2) is 24.3 Å². The first-order valence-electron chi connectivity index (χ1n) is 6.88. The van der Waals surface area contributed by atoms with Gasteiger partial charge in [-0.2, -0.15) is 0 Å². The Kier molecular flexibility index (Phi) is 4.80. The minimum Gasteiger partial charge on any atom is -0.481 e. The third-order valence-corrected chi connectivity index (χ3v) is 3.77. The van der Waals surface area contributed by atoms with E-state index in [0.29, 0.717) is 12.5 Å². The first kappa shape index (κ1) is 13.9. The number of carboxylic acids is 1. The fraction of sp³-hybridized carbons (Fsp3) is 0.533. The van der Waals surface area contributed by atoms with E-state index in [1.807, 2.05) is 18.2 Å². The average Bonchev–Trinajstić information content (AvgIpc) is 2.40. The molecule has 0 spiro atoms. The summed E-state index contributed by atoms with van der Waals surface area (Å²) in [5.41, 5.74) is 2.18. The fourth-order valence-electron chi connectivity index (χ4n) is 2.67. The van der Waals surface area contributed by atoms with Gasteiger partial charge in [0.1, 0.15) is 0 Å². The summed E-state index contributed by atoms with van der Waals surface area (Å²) in [5, 5.41) is 21.4. The molecule has 104 valence electrons. The van der Waals surface area contributed by atoms with Crippen LogP contribution in [0.2, 0.25) is 0 Å². The van der Waals surface area contributed by atoms with E-state index in [9.17, 15) is 4.79 Å². The molecule has 1 aliphatic carbocycles. The quantitative estimate of drug-likeness (QED) is 0.762. The lowest BCUT2D eigenvalue weighted by Crippen LogP contribution is -2.29. The van der Waals surface area contributed by atoms with Crippen molar-refractivity contribution in [3.8, 4) is 0 Å². The van der Waals surface area contributed by atoms with Crippen molar-refractivity contribution >= 4 is 11.7 Å². The normalized spacial score (nSPS) is 23.0. The molecule has 0 aromatic heterocycles. The summed E-state index contributed by atoms with van der Waals surface area (Å²) in [6.07, 6.45) is 3.98. The molecule has 1 aromatic rings. The van der Waals surface area contributed by atoms with Crippen molar-refractivity contribution in [1.29, 1.82) is 0 Å². The predicted octanol–water partition coefficient (Wildman–Crippen LogP) is 2.28. The number of carbonyl (C=O) groups is 1. The number of nitrogens with one attached hydrogen (secondary N) is 1. The second-order valence-electron chi connectivity index (χ2n) is 5.21. The second-order valence-corrected chi connectivity index (χ2v) is 5.21. The number of hydrogen-bond donors (Lipinski definition) is 3. The van der Waals surface area contributed by atoms with Crippen LogP contribution in [0, 0.1) is 5.92 Å². The highest BCUT2D eigenvalue weighted by molar-refractivity contribution is 5.70. The van der Waals surface area contributed by atoms with Gasteiger partial charge in [-0.1, -0.05) is 12.1 Å². The molecule has 0 saturated heterocycles. The first-order valence-corrected chi connectivity index (χ1v) is 6.88. The van der Waals surface area contributed by atoms with Crippen LogP contribution in [0.4, 0.5) is 5.69 Å². The molecule has 2 rings (SSSR count). The SMILES string of the molecule is O=C(O)[C@H]1CC[C@H](Nc2cccc(CCO)c2)CC1. The molecule has 19 heavy (non-hydrogen) atoms. The zero-order valence-corrected chi connectivity index (χ0v) is 11.0. The number of benzene rings is 1. The van der Waals surface area contributed by atoms with Crippen LogP contribution in [0.3, 0.4) is 0 Å². The molecule has 3 N–H and O–H groups in total. The van der Waals surface area contributed by atoms with Crippen molar-refractivity contribution in [2.45, 2.75) is 38.1 Å². The van der Waals surface area contributed by atoms with E-state index in [1.54, 1.807) is 0 Å². The second kappa shape index (κ2) is 6.57. The standard InChI is InChI=1S/C15H21NO3/c17-9-8-11-2-1-3-14(10-11)16-13-6-4-12(5-7-13)15(18)19/h1-3,10,12-13,16-17H,4-9H2,(H,18,19)/t12-,13-. The van der Waals surface area contributed by atoms with Gasteiger partial charge in [0.25, 0.3) is 0 Å². The Morgan fingerprint density at radius 2 is 2.00 bits per heavy atom. The van der Waals surface area contributed by atoms with Crippen LogP contribution in [-0.2, 0) is 11.2 Å². The Bertz CT molecular complexity index is 425. The number of aliphatic carboxylic acids is 1. The number of hydrogen-bond acceptors (Lipinski definition) is 3. The van der Waals surface area contributed by atoms with E-state index >= 15 is 0 Å². The van der Waals surface area contributed by atoms with Crippen LogP contribution in [0.25, 0.3) is 0 Å². The van der Waals surface area contributed by atoms with E-state index in [4.69, 9.17) is 10.2 Å². The molecule has 0 atom stereocenters. The molecule has 0 bridgehead atoms. The lowest BCUT2D eigenvalue weighted by Gasteiger charge is -2.27. The van der Waals surface area contributed by atoms with Gasteiger partial charge in [0, 0.05) is 18.3 Å². The summed E-state index contributed by atoms with van der Waals surface area (Å²) in [6.45, 7) is 0.160. The zero-order valence-electron chi connectivity index (χ0n) is 11.0. The smallest absolute Gasteiger partial charge is 0.306 e. The fourth-order valence-corrected chi connectivity index (χ4v) is 2.67. The van der Waals surface area contributed by atoms with E-state index in [1.165, 1.54) is 0 Å². The van der Waals surface area contributed by atoms with Crippen molar-refractivity contribution in [1.82, 2.24) is 0 Å². The van der Waals surface area contributed by atoms with Gasteiger partial charge in [-0.25, -0.2) is 0 Å². The van der Waals surface area contributed by atoms with Gasteiger partial charge in [0.2, 0.25) is 0 Å². The monoisotopic (exact) mass is 263 g/mol. The van der Waals surface area contributed by atoms with Gasteiger partial charge >= 0.3 is 5.97 Å². The molecule has 0 aliphatic heterocycles. The highest BCUT2D eigenvalue weighted by Gasteiger charge is 2.25. The zero-order chi connectivity index (χ0) is 13.7. The minimum atomic E-state index is -0.664. The summed E-state index contributed by atoms with van der Waals surface area (Å²) in [6, 6.07) is 8.42. The highest BCUT2D eigenvalue weighted by atomic mass is 16.4. The summed E-state index contributed by atoms with van der Waals surface area (Å²) < 4.78 is 0. The third-order valence-electron chi connectivity index (χ3n) is 3.77. The molecule has 0 heterocycles. The Morgan fingerprint density at radius 3 is 2.63 bits per heavy atom. The highest BCUT2D eigenvalue weighted by Crippen LogP contribution is 2.27. The van der Waals surface area contributed by atoms with E-state index < -0.39 is 5.97 Å². The molecule has 4 nitrogen and oxygen atoms in total. The van der Waals surface area contributed by atoms with E-state index in [-0.39, 0.29) is 12.5 Å². The number of anilines is 1. The van der Waals surface area contributed by atoms with Crippen molar-refractivity contribution in [2.24, 2.45) is 5.92 Å². The summed E-state index contributed by atoms with van der Waals surface area (Å²) in [5.74, 6) is -0.831. The largest absolute Gasteiger partial charge is 0.481 e. The van der Waals surface area contributed by atoms with Crippen LogP contribution in [-0.4, -0.2) is 28.8 Å². The van der Waals surface area contributed by atoms with Crippen LogP contribution in [0.1, 0.15) is 31.2 Å². The molecule has 4 heteroatoms.